The average Bonchev–Trinajstić information content (AvgIpc) is 2.64. The first-order valence-corrected chi connectivity index (χ1v) is 14.4. The largest absolute Gasteiger partial charge is 0.734 e. The Labute approximate surface area is 192 Å². The number of hydrogen-bond acceptors (Lipinski definition) is 10. The van der Waals surface area contributed by atoms with Crippen molar-refractivity contribution in [1.29, 1.82) is 0 Å². The highest BCUT2D eigenvalue weighted by Crippen LogP contribution is 2.16. The van der Waals surface area contributed by atoms with Crippen LogP contribution in [-0.4, -0.2) is 61.1 Å². The second-order valence-corrected chi connectivity index (χ2v) is 12.2. The summed E-state index contributed by atoms with van der Waals surface area (Å²) in [7, 11) is -5.81. The highest BCUT2D eigenvalue weighted by molar-refractivity contribution is 6.70. The van der Waals surface area contributed by atoms with Gasteiger partial charge >= 0.3 is 23.3 Å². The lowest BCUT2D eigenvalue weighted by molar-refractivity contribution is -0.147. The zero-order chi connectivity index (χ0) is 25.4. The quantitative estimate of drug-likeness (QED) is 0.164. The molecule has 0 rings (SSSR count). The molecule has 0 aliphatic heterocycles. The van der Waals surface area contributed by atoms with Crippen molar-refractivity contribution in [3.63, 3.8) is 0 Å². The fourth-order valence-electron chi connectivity index (χ4n) is 2.27. The average molecular weight is 493 g/mol. The number of rotatable bonds is 13. The van der Waals surface area contributed by atoms with Crippen LogP contribution in [0.4, 0.5) is 0 Å². The summed E-state index contributed by atoms with van der Waals surface area (Å²) in [5.74, 6) is -2.49. The molecule has 10 nitrogen and oxygen atoms in total. The Kier molecular flexibility index (Phi) is 16.3. The summed E-state index contributed by atoms with van der Waals surface area (Å²) in [6.07, 6.45) is 0.766. The van der Waals surface area contributed by atoms with E-state index in [0.717, 1.165) is 38.9 Å². The number of carbonyl (C=O) groups is 4. The van der Waals surface area contributed by atoms with Crippen molar-refractivity contribution < 1.29 is 46.0 Å². The van der Waals surface area contributed by atoms with Crippen molar-refractivity contribution in [2.24, 2.45) is 0 Å². The summed E-state index contributed by atoms with van der Waals surface area (Å²) in [6, 6.07) is 0.831. The normalized spacial score (nSPS) is 10.7. The molecule has 184 valence electrons. The summed E-state index contributed by atoms with van der Waals surface area (Å²) < 4.78 is 30.5. The minimum absolute atomic E-state index is 0.332. The molecule has 0 saturated heterocycles. The molecular formula is C20H36O10Si2. The van der Waals surface area contributed by atoms with Crippen LogP contribution in [0.3, 0.4) is 0 Å². The molecule has 0 aromatic heterocycles. The molecule has 0 heterocycles. The third-order valence-corrected chi connectivity index (χ3v) is 8.64. The molecule has 0 aromatic rings. The minimum Gasteiger partial charge on any atom is -0.462 e. The van der Waals surface area contributed by atoms with Gasteiger partial charge in [0, 0.05) is 45.3 Å². The van der Waals surface area contributed by atoms with E-state index in [0.29, 0.717) is 25.4 Å². The molecule has 32 heavy (non-hydrogen) atoms. The van der Waals surface area contributed by atoms with Crippen LogP contribution in [0, 0.1) is 0 Å². The van der Waals surface area contributed by atoms with Gasteiger partial charge in [0.15, 0.2) is 0 Å². The van der Waals surface area contributed by atoms with Gasteiger partial charge in [-0.2, -0.15) is 0 Å². The highest BCUT2D eigenvalue weighted by atomic mass is 28.4. The fraction of sp³-hybridized carbons (Fsp3) is 0.600. The monoisotopic (exact) mass is 492 g/mol. The van der Waals surface area contributed by atoms with E-state index in [1.54, 1.807) is 6.92 Å². The van der Waals surface area contributed by atoms with Crippen molar-refractivity contribution in [3.05, 3.63) is 24.4 Å². The van der Waals surface area contributed by atoms with E-state index in [4.69, 9.17) is 26.9 Å². The predicted octanol–water partition coefficient (Wildman–Crippen LogP) is 2.98. The van der Waals surface area contributed by atoms with Gasteiger partial charge in [-0.25, -0.2) is 4.79 Å². The van der Waals surface area contributed by atoms with E-state index in [2.05, 4.69) is 13.2 Å². The molecule has 0 aromatic carbocycles. The van der Waals surface area contributed by atoms with Gasteiger partial charge < -0.3 is 26.9 Å². The van der Waals surface area contributed by atoms with E-state index >= 15 is 0 Å². The van der Waals surface area contributed by atoms with Crippen molar-refractivity contribution in [3.8, 4) is 0 Å². The zero-order valence-electron chi connectivity index (χ0n) is 20.1. The Balaban J connectivity index is 0. The predicted molar refractivity (Wildman–Crippen MR) is 121 cm³/mol. The standard InChI is InChI=1S/C12H24O4Si.C8H12O6Si/c1-6-15-17(5,16-7-2)10-8-9-14-12(13)11(3)4;1-5-15(12-6(2)9,13-7(3)10)14-8(4)11/h3,6-10H2,1-2,4-5H3;5H,1H2,2-4H3. The molecule has 0 fully saturated rings. The molecule has 0 aliphatic carbocycles. The van der Waals surface area contributed by atoms with E-state index in [9.17, 15) is 19.2 Å². The third kappa shape index (κ3) is 15.5. The lowest BCUT2D eigenvalue weighted by atomic mass is 10.4. The second-order valence-electron chi connectivity index (χ2n) is 6.61. The van der Waals surface area contributed by atoms with Crippen LogP contribution >= 0.6 is 0 Å². The van der Waals surface area contributed by atoms with Crippen LogP contribution in [-0.2, 0) is 46.0 Å². The Morgan fingerprint density at radius 2 is 1.25 bits per heavy atom. The smallest absolute Gasteiger partial charge is 0.462 e. The zero-order valence-corrected chi connectivity index (χ0v) is 22.1. The van der Waals surface area contributed by atoms with Crippen LogP contribution in [0.5, 0.6) is 0 Å². The van der Waals surface area contributed by atoms with Gasteiger partial charge in [-0.3, -0.25) is 14.4 Å². The molecule has 0 amide bonds. The third-order valence-electron chi connectivity index (χ3n) is 3.36. The summed E-state index contributed by atoms with van der Waals surface area (Å²) in [5, 5.41) is 0. The molecule has 0 unspecified atom stereocenters. The molecule has 12 heteroatoms. The van der Waals surface area contributed by atoms with E-state index in [1.807, 2.05) is 20.4 Å². The Hall–Kier alpha value is -2.29. The molecule has 0 spiro atoms. The molecule has 0 bridgehead atoms. The van der Waals surface area contributed by atoms with Gasteiger partial charge in [0.2, 0.25) is 0 Å². The first-order chi connectivity index (χ1) is 14.8. The van der Waals surface area contributed by atoms with Crippen LogP contribution in [0.15, 0.2) is 24.4 Å². The van der Waals surface area contributed by atoms with E-state index in [1.165, 1.54) is 0 Å². The number of ether oxygens (including phenoxy) is 1. The van der Waals surface area contributed by atoms with Gasteiger partial charge in [0.25, 0.3) is 17.9 Å². The topological polar surface area (TPSA) is 124 Å². The summed E-state index contributed by atoms with van der Waals surface area (Å²) in [5.41, 5.74) is 1.47. The molecule has 0 radical (unpaired) electrons. The van der Waals surface area contributed by atoms with Crippen molar-refractivity contribution in [2.45, 2.75) is 60.6 Å². The Bertz CT molecular complexity index is 616. The first kappa shape index (κ1) is 31.9. The number of carbonyl (C=O) groups excluding carboxylic acids is 4. The van der Waals surface area contributed by atoms with E-state index < -0.39 is 35.3 Å². The van der Waals surface area contributed by atoms with Gasteiger partial charge in [-0.15, -0.1) is 0 Å². The SMILES string of the molecule is C=C(C)C(=O)OCCC[Si](C)(OCC)OCC.C=C[Si](OC(C)=O)(OC(C)=O)OC(C)=O. The first-order valence-electron chi connectivity index (χ1n) is 10.1. The van der Waals surface area contributed by atoms with Gasteiger partial charge in [-0.05, 0) is 39.8 Å². The summed E-state index contributed by atoms with van der Waals surface area (Å²) in [6.45, 7) is 19.5. The molecule has 0 atom stereocenters. The highest BCUT2D eigenvalue weighted by Gasteiger charge is 2.48. The summed E-state index contributed by atoms with van der Waals surface area (Å²) in [4.78, 5) is 43.4. The summed E-state index contributed by atoms with van der Waals surface area (Å²) >= 11 is 0. The van der Waals surface area contributed by atoms with Crippen LogP contribution in [0.1, 0.15) is 48.0 Å². The molecule has 0 N–H and O–H groups in total. The van der Waals surface area contributed by atoms with Crippen molar-refractivity contribution in [2.75, 3.05) is 19.8 Å². The van der Waals surface area contributed by atoms with Crippen LogP contribution in [0.2, 0.25) is 12.6 Å². The molecule has 0 aliphatic rings. The van der Waals surface area contributed by atoms with Gasteiger partial charge in [-0.1, -0.05) is 13.2 Å². The maximum atomic E-state index is 11.1. The van der Waals surface area contributed by atoms with Gasteiger partial charge in [0.1, 0.15) is 0 Å². The minimum atomic E-state index is -3.74. The maximum absolute atomic E-state index is 11.1. The Morgan fingerprint density at radius 1 is 0.844 bits per heavy atom. The van der Waals surface area contributed by atoms with E-state index in [-0.39, 0.29) is 5.97 Å². The van der Waals surface area contributed by atoms with Gasteiger partial charge in [0.05, 0.1) is 6.61 Å². The number of hydrogen-bond donors (Lipinski definition) is 0. The second kappa shape index (κ2) is 16.4. The lowest BCUT2D eigenvalue weighted by Gasteiger charge is -2.25. The number of esters is 1. The van der Waals surface area contributed by atoms with Crippen LogP contribution < -0.4 is 0 Å². The Morgan fingerprint density at radius 3 is 1.53 bits per heavy atom. The van der Waals surface area contributed by atoms with Crippen molar-refractivity contribution in [1.82, 2.24) is 0 Å². The molecule has 0 saturated carbocycles. The lowest BCUT2D eigenvalue weighted by Crippen LogP contribution is -2.47. The fourth-order valence-corrected chi connectivity index (χ4v) is 6.22. The maximum Gasteiger partial charge on any atom is 0.734 e. The van der Waals surface area contributed by atoms with Crippen molar-refractivity contribution >= 4 is 41.2 Å². The van der Waals surface area contributed by atoms with Crippen LogP contribution in [0.25, 0.3) is 0 Å². The molecular weight excluding hydrogens is 456 g/mol.